The Bertz CT molecular complexity index is 1130. The van der Waals surface area contributed by atoms with E-state index in [0.717, 1.165) is 56.4 Å². The van der Waals surface area contributed by atoms with Gasteiger partial charge in [0.05, 0.1) is 25.1 Å². The predicted octanol–water partition coefficient (Wildman–Crippen LogP) is 3.00. The van der Waals surface area contributed by atoms with Crippen molar-refractivity contribution < 1.29 is 9.47 Å². The van der Waals surface area contributed by atoms with E-state index in [4.69, 9.17) is 9.47 Å². The number of aromatic nitrogens is 5. The van der Waals surface area contributed by atoms with Gasteiger partial charge in [-0.1, -0.05) is 12.1 Å². The first-order chi connectivity index (χ1) is 15.3. The fourth-order valence-corrected chi connectivity index (χ4v) is 3.90. The third kappa shape index (κ3) is 5.04. The summed E-state index contributed by atoms with van der Waals surface area (Å²) in [6.07, 6.45) is 11.8. The van der Waals surface area contributed by atoms with Crippen LogP contribution in [0.5, 0.6) is 11.8 Å². The molecule has 158 valence electrons. The average Bonchev–Trinajstić information content (AvgIpc) is 3.14. The fourth-order valence-electron chi connectivity index (χ4n) is 3.90. The van der Waals surface area contributed by atoms with E-state index in [9.17, 15) is 0 Å². The molecule has 3 aromatic heterocycles. The van der Waals surface area contributed by atoms with Crippen molar-refractivity contribution >= 4 is 5.65 Å². The number of imidazole rings is 1. The van der Waals surface area contributed by atoms with E-state index in [2.05, 4.69) is 37.1 Å². The molecule has 1 atom stereocenters. The number of benzene rings is 1. The highest BCUT2D eigenvalue weighted by Gasteiger charge is 2.20. The van der Waals surface area contributed by atoms with Crippen LogP contribution in [0.2, 0.25) is 0 Å². The second-order valence-corrected chi connectivity index (χ2v) is 7.73. The molecule has 4 heterocycles. The van der Waals surface area contributed by atoms with Crippen LogP contribution in [0.4, 0.5) is 0 Å². The van der Waals surface area contributed by atoms with E-state index >= 15 is 0 Å². The summed E-state index contributed by atoms with van der Waals surface area (Å²) in [6.45, 7) is 4.17. The summed E-state index contributed by atoms with van der Waals surface area (Å²) in [5, 5.41) is 0. The summed E-state index contributed by atoms with van der Waals surface area (Å²) in [6, 6.07) is 10.2. The third-order valence-electron chi connectivity index (χ3n) is 5.31. The Morgan fingerprint density at radius 3 is 2.94 bits per heavy atom. The van der Waals surface area contributed by atoms with Crippen molar-refractivity contribution in [3.8, 4) is 11.8 Å². The lowest BCUT2D eigenvalue weighted by molar-refractivity contribution is 0.121. The molecule has 0 N–H and O–H groups in total. The van der Waals surface area contributed by atoms with Crippen molar-refractivity contribution in [1.82, 2.24) is 29.2 Å². The first kappa shape index (κ1) is 19.6. The van der Waals surface area contributed by atoms with Crippen LogP contribution < -0.4 is 4.74 Å². The molecule has 8 heteroatoms. The molecule has 0 spiro atoms. The van der Waals surface area contributed by atoms with Gasteiger partial charge < -0.3 is 13.9 Å². The first-order valence-electron chi connectivity index (χ1n) is 10.4. The van der Waals surface area contributed by atoms with Crippen LogP contribution in [0, 0.1) is 5.92 Å². The molecule has 1 saturated heterocycles. The maximum Gasteiger partial charge on any atom is 0.321 e. The monoisotopic (exact) mass is 416 g/mol. The van der Waals surface area contributed by atoms with Gasteiger partial charge in [-0.15, -0.1) is 0 Å². The topological polar surface area (TPSA) is 77.7 Å². The van der Waals surface area contributed by atoms with Gasteiger partial charge in [0, 0.05) is 56.5 Å². The Hall–Kier alpha value is -3.36. The van der Waals surface area contributed by atoms with Crippen LogP contribution in [-0.2, 0) is 17.7 Å². The third-order valence-corrected chi connectivity index (χ3v) is 5.31. The van der Waals surface area contributed by atoms with E-state index in [0.29, 0.717) is 11.9 Å². The lowest BCUT2D eigenvalue weighted by atomic mass is 10.0. The van der Waals surface area contributed by atoms with Crippen molar-refractivity contribution in [2.45, 2.75) is 13.0 Å². The molecule has 0 saturated carbocycles. The van der Waals surface area contributed by atoms with Crippen LogP contribution in [0.3, 0.4) is 0 Å². The highest BCUT2D eigenvalue weighted by Crippen LogP contribution is 2.21. The van der Waals surface area contributed by atoms with Crippen LogP contribution in [-0.4, -0.2) is 55.5 Å². The molecular formula is C23H24N6O2. The van der Waals surface area contributed by atoms with Gasteiger partial charge in [-0.2, -0.15) is 0 Å². The highest BCUT2D eigenvalue weighted by molar-refractivity contribution is 5.35. The lowest BCUT2D eigenvalue weighted by Gasteiger charge is -2.23. The number of hydrogen-bond acceptors (Lipinski definition) is 7. The van der Waals surface area contributed by atoms with Crippen molar-refractivity contribution in [2.75, 3.05) is 26.3 Å². The fraction of sp³-hybridized carbons (Fsp3) is 0.304. The van der Waals surface area contributed by atoms with E-state index in [1.54, 1.807) is 24.7 Å². The smallest absolute Gasteiger partial charge is 0.321 e. The molecule has 0 aliphatic carbocycles. The number of hydrogen-bond donors (Lipinski definition) is 0. The Labute approximate surface area is 180 Å². The van der Waals surface area contributed by atoms with Crippen LogP contribution in [0.1, 0.15) is 11.3 Å². The molecule has 1 aliphatic rings. The minimum Gasteiger partial charge on any atom is -0.424 e. The first-order valence-corrected chi connectivity index (χ1v) is 10.4. The van der Waals surface area contributed by atoms with E-state index < -0.39 is 0 Å². The van der Waals surface area contributed by atoms with Gasteiger partial charge in [0.15, 0.2) is 5.65 Å². The summed E-state index contributed by atoms with van der Waals surface area (Å²) < 4.78 is 13.7. The van der Waals surface area contributed by atoms with Crippen molar-refractivity contribution in [3.63, 3.8) is 0 Å². The van der Waals surface area contributed by atoms with Gasteiger partial charge in [0.25, 0.3) is 0 Å². The van der Waals surface area contributed by atoms with Crippen molar-refractivity contribution in [3.05, 3.63) is 78.8 Å². The van der Waals surface area contributed by atoms with Gasteiger partial charge in [0.2, 0.25) is 0 Å². The van der Waals surface area contributed by atoms with Gasteiger partial charge in [-0.05, 0) is 30.2 Å². The summed E-state index contributed by atoms with van der Waals surface area (Å²) in [5.41, 5.74) is 3.11. The Balaban J connectivity index is 1.24. The van der Waals surface area contributed by atoms with Crippen molar-refractivity contribution in [1.29, 1.82) is 0 Å². The van der Waals surface area contributed by atoms with Crippen LogP contribution in [0.15, 0.2) is 67.5 Å². The second kappa shape index (κ2) is 9.20. The molecule has 1 unspecified atom stereocenters. The quantitative estimate of drug-likeness (QED) is 0.478. The molecule has 1 aromatic carbocycles. The highest BCUT2D eigenvalue weighted by atomic mass is 16.5. The largest absolute Gasteiger partial charge is 0.424 e. The normalized spacial score (nSPS) is 17.5. The predicted molar refractivity (Wildman–Crippen MR) is 115 cm³/mol. The Kier molecular flexibility index (Phi) is 5.81. The summed E-state index contributed by atoms with van der Waals surface area (Å²) in [4.78, 5) is 19.5. The van der Waals surface area contributed by atoms with Crippen molar-refractivity contribution in [2.24, 2.45) is 5.92 Å². The van der Waals surface area contributed by atoms with Crippen LogP contribution >= 0.6 is 0 Å². The minimum absolute atomic E-state index is 0.352. The molecule has 8 nitrogen and oxygen atoms in total. The molecule has 4 aromatic rings. The number of nitrogens with zero attached hydrogens (tertiary/aromatic N) is 6. The van der Waals surface area contributed by atoms with Gasteiger partial charge in [0.1, 0.15) is 5.75 Å². The molecule has 31 heavy (non-hydrogen) atoms. The average molecular weight is 416 g/mol. The number of rotatable bonds is 6. The molecule has 1 aliphatic heterocycles. The van der Waals surface area contributed by atoms with Crippen LogP contribution in [0.25, 0.3) is 5.65 Å². The SMILES string of the molecule is c1cnc(Oc2cccc(CN3CCOCC(Cc4cn5ccnc5cn4)C3)c2)nc1. The zero-order valence-corrected chi connectivity index (χ0v) is 17.2. The molecule has 5 rings (SSSR count). The molecular weight excluding hydrogens is 392 g/mol. The second-order valence-electron chi connectivity index (χ2n) is 7.73. The maximum atomic E-state index is 5.89. The summed E-state index contributed by atoms with van der Waals surface area (Å²) in [7, 11) is 0. The molecule has 0 radical (unpaired) electrons. The van der Waals surface area contributed by atoms with E-state index in [1.165, 1.54) is 5.56 Å². The number of fused-ring (bicyclic) bond motifs is 1. The standard InChI is InChI=1S/C23H24N6O2/c1-3-18(12-21(4-1)31-23-25-5-2-6-26-23)14-28-9-10-30-17-19(15-28)11-20-16-29-8-7-24-22(29)13-27-20/h1-8,12-13,16,19H,9-11,14-15,17H2. The Morgan fingerprint density at radius 2 is 2.00 bits per heavy atom. The molecule has 0 amide bonds. The zero-order chi connectivity index (χ0) is 20.9. The Morgan fingerprint density at radius 1 is 1.06 bits per heavy atom. The maximum absolute atomic E-state index is 5.89. The van der Waals surface area contributed by atoms with Gasteiger partial charge >= 0.3 is 6.01 Å². The summed E-state index contributed by atoms with van der Waals surface area (Å²) >= 11 is 0. The zero-order valence-electron chi connectivity index (χ0n) is 17.2. The van der Waals surface area contributed by atoms with E-state index in [1.807, 2.05) is 35.0 Å². The molecule has 0 bridgehead atoms. The molecule has 1 fully saturated rings. The summed E-state index contributed by atoms with van der Waals surface area (Å²) in [5.74, 6) is 1.12. The van der Waals surface area contributed by atoms with Gasteiger partial charge in [-0.3, -0.25) is 9.88 Å². The van der Waals surface area contributed by atoms with Gasteiger partial charge in [-0.25, -0.2) is 15.0 Å². The lowest BCUT2D eigenvalue weighted by Crippen LogP contribution is -2.30. The minimum atomic E-state index is 0.352. The van der Waals surface area contributed by atoms with E-state index in [-0.39, 0.29) is 0 Å². The number of ether oxygens (including phenoxy) is 2.